The minimum atomic E-state index is -0.349. The number of nitriles is 1. The summed E-state index contributed by atoms with van der Waals surface area (Å²) < 4.78 is 16.8. The standard InChI is InChI=1S/C25H24FN7OS/c1-15(2)24(34)31-8-9-32(16(3)12-31)22-21-19(18-6-4-5-7-20(18)26)13-33(23(21)30-14-29-22)25-28-11-17(10-27)35-25/h4-7,11,13-16H,8-9,12H2,1-3H3/t16-/m0/s1. The number of carbonyl (C=O) groups excluding carboxylic acids is 1. The van der Waals surface area contributed by atoms with Crippen molar-refractivity contribution in [2.75, 3.05) is 24.5 Å². The van der Waals surface area contributed by atoms with E-state index in [1.165, 1.54) is 29.9 Å². The van der Waals surface area contributed by atoms with Crippen molar-refractivity contribution in [3.8, 4) is 22.3 Å². The number of hydrogen-bond acceptors (Lipinski definition) is 7. The summed E-state index contributed by atoms with van der Waals surface area (Å²) in [6, 6.07) is 8.73. The molecule has 1 atom stereocenters. The maximum atomic E-state index is 15.0. The second-order valence-electron chi connectivity index (χ2n) is 8.89. The molecule has 1 aromatic carbocycles. The first kappa shape index (κ1) is 22.9. The summed E-state index contributed by atoms with van der Waals surface area (Å²) in [7, 11) is 0. The number of aromatic nitrogens is 4. The largest absolute Gasteiger partial charge is 0.350 e. The van der Waals surface area contributed by atoms with Gasteiger partial charge in [-0.1, -0.05) is 43.4 Å². The van der Waals surface area contributed by atoms with E-state index in [1.54, 1.807) is 22.8 Å². The fourth-order valence-corrected chi connectivity index (χ4v) is 5.25. The van der Waals surface area contributed by atoms with E-state index in [0.29, 0.717) is 57.6 Å². The van der Waals surface area contributed by atoms with Gasteiger partial charge in [0.1, 0.15) is 28.9 Å². The number of hydrogen-bond donors (Lipinski definition) is 0. The van der Waals surface area contributed by atoms with Crippen LogP contribution in [0.5, 0.6) is 0 Å². The molecule has 1 aliphatic heterocycles. The van der Waals surface area contributed by atoms with Crippen LogP contribution in [0.2, 0.25) is 0 Å². The Morgan fingerprint density at radius 2 is 2.00 bits per heavy atom. The average molecular weight is 490 g/mol. The zero-order valence-corrected chi connectivity index (χ0v) is 20.5. The molecule has 4 aromatic rings. The predicted molar refractivity (Wildman–Crippen MR) is 133 cm³/mol. The van der Waals surface area contributed by atoms with Gasteiger partial charge in [0.05, 0.1) is 11.6 Å². The van der Waals surface area contributed by atoms with Crippen LogP contribution in [0, 0.1) is 23.1 Å². The number of benzene rings is 1. The topological polar surface area (TPSA) is 90.9 Å². The van der Waals surface area contributed by atoms with E-state index in [4.69, 9.17) is 0 Å². The van der Waals surface area contributed by atoms with E-state index in [0.717, 1.165) is 0 Å². The highest BCUT2D eigenvalue weighted by Gasteiger charge is 2.31. The number of nitrogens with zero attached hydrogens (tertiary/aromatic N) is 7. The van der Waals surface area contributed by atoms with Crippen molar-refractivity contribution >= 4 is 34.1 Å². The number of rotatable bonds is 4. The van der Waals surface area contributed by atoms with Gasteiger partial charge >= 0.3 is 0 Å². The Morgan fingerprint density at radius 1 is 1.20 bits per heavy atom. The Morgan fingerprint density at radius 3 is 2.69 bits per heavy atom. The molecule has 0 spiro atoms. The van der Waals surface area contributed by atoms with Gasteiger partial charge in [0.15, 0.2) is 10.8 Å². The number of amides is 1. The van der Waals surface area contributed by atoms with Crippen LogP contribution in [0.1, 0.15) is 25.6 Å². The fraction of sp³-hybridized carbons (Fsp3) is 0.320. The second kappa shape index (κ2) is 9.07. The highest BCUT2D eigenvalue weighted by atomic mass is 32.1. The number of halogens is 1. The molecule has 1 amide bonds. The maximum Gasteiger partial charge on any atom is 0.225 e. The summed E-state index contributed by atoms with van der Waals surface area (Å²) in [6.45, 7) is 7.65. The lowest BCUT2D eigenvalue weighted by Gasteiger charge is -2.41. The molecule has 3 aromatic heterocycles. The molecule has 1 aliphatic rings. The second-order valence-corrected chi connectivity index (χ2v) is 9.90. The summed E-state index contributed by atoms with van der Waals surface area (Å²) in [4.78, 5) is 30.7. The highest BCUT2D eigenvalue weighted by molar-refractivity contribution is 7.14. The van der Waals surface area contributed by atoms with Gasteiger partial charge in [-0.25, -0.2) is 19.3 Å². The van der Waals surface area contributed by atoms with Gasteiger partial charge in [-0.15, -0.1) is 0 Å². The van der Waals surface area contributed by atoms with Gasteiger partial charge in [0.2, 0.25) is 5.91 Å². The van der Waals surface area contributed by atoms with Crippen LogP contribution in [0.15, 0.2) is 43.0 Å². The van der Waals surface area contributed by atoms with E-state index in [1.807, 2.05) is 24.9 Å². The molecule has 8 nitrogen and oxygen atoms in total. The molecule has 5 rings (SSSR count). The lowest BCUT2D eigenvalue weighted by Crippen LogP contribution is -2.54. The molecular weight excluding hydrogens is 465 g/mol. The molecule has 1 saturated heterocycles. The summed E-state index contributed by atoms with van der Waals surface area (Å²) in [5.41, 5.74) is 1.67. The Labute approximate surface area is 206 Å². The highest BCUT2D eigenvalue weighted by Crippen LogP contribution is 2.39. The number of fused-ring (bicyclic) bond motifs is 1. The van der Waals surface area contributed by atoms with Crippen LogP contribution < -0.4 is 4.90 Å². The van der Waals surface area contributed by atoms with Crippen molar-refractivity contribution in [1.82, 2.24) is 24.4 Å². The Kier molecular flexibility index (Phi) is 5.94. The van der Waals surface area contributed by atoms with Crippen molar-refractivity contribution < 1.29 is 9.18 Å². The molecule has 0 bridgehead atoms. The minimum Gasteiger partial charge on any atom is -0.350 e. The van der Waals surface area contributed by atoms with Gasteiger partial charge in [0, 0.05) is 48.9 Å². The Balaban J connectivity index is 1.66. The van der Waals surface area contributed by atoms with Crippen LogP contribution in [-0.2, 0) is 4.79 Å². The lowest BCUT2D eigenvalue weighted by molar-refractivity contribution is -0.135. The summed E-state index contributed by atoms with van der Waals surface area (Å²) in [5.74, 6) is 0.421. The molecule has 0 unspecified atom stereocenters. The molecule has 10 heteroatoms. The van der Waals surface area contributed by atoms with Crippen LogP contribution >= 0.6 is 11.3 Å². The third kappa shape index (κ3) is 4.02. The summed E-state index contributed by atoms with van der Waals surface area (Å²) in [5, 5.41) is 10.5. The fourth-order valence-electron chi connectivity index (χ4n) is 4.56. The van der Waals surface area contributed by atoms with E-state index in [-0.39, 0.29) is 23.7 Å². The summed E-state index contributed by atoms with van der Waals surface area (Å²) in [6.07, 6.45) is 4.82. The number of carbonyl (C=O) groups is 1. The monoisotopic (exact) mass is 489 g/mol. The third-order valence-corrected chi connectivity index (χ3v) is 7.14. The first-order valence-electron chi connectivity index (χ1n) is 11.4. The van der Waals surface area contributed by atoms with Crippen molar-refractivity contribution in [3.63, 3.8) is 0 Å². The minimum absolute atomic E-state index is 0.00595. The van der Waals surface area contributed by atoms with Crippen molar-refractivity contribution in [3.05, 3.63) is 53.7 Å². The zero-order valence-electron chi connectivity index (χ0n) is 19.6. The van der Waals surface area contributed by atoms with E-state index < -0.39 is 0 Å². The molecule has 35 heavy (non-hydrogen) atoms. The normalized spacial score (nSPS) is 16.2. The molecule has 0 saturated carbocycles. The first-order chi connectivity index (χ1) is 16.9. The average Bonchev–Trinajstić information content (AvgIpc) is 3.48. The lowest BCUT2D eigenvalue weighted by atomic mass is 10.0. The molecule has 0 N–H and O–H groups in total. The Hall–Kier alpha value is -3.84. The van der Waals surface area contributed by atoms with Gasteiger partial charge in [0.25, 0.3) is 0 Å². The van der Waals surface area contributed by atoms with Gasteiger partial charge in [-0.3, -0.25) is 9.36 Å². The number of thiazole rings is 1. The Bertz CT molecular complexity index is 1450. The molecule has 178 valence electrons. The smallest absolute Gasteiger partial charge is 0.225 e. The van der Waals surface area contributed by atoms with Crippen LogP contribution in [0.4, 0.5) is 10.2 Å². The zero-order chi connectivity index (χ0) is 24.7. The molecule has 0 radical (unpaired) electrons. The van der Waals surface area contributed by atoms with Crippen LogP contribution in [0.25, 0.3) is 27.3 Å². The number of piperazine rings is 1. The van der Waals surface area contributed by atoms with Crippen molar-refractivity contribution in [1.29, 1.82) is 5.26 Å². The van der Waals surface area contributed by atoms with Gasteiger partial charge in [-0.2, -0.15) is 5.26 Å². The molecule has 4 heterocycles. The van der Waals surface area contributed by atoms with Crippen molar-refractivity contribution in [2.24, 2.45) is 5.92 Å². The van der Waals surface area contributed by atoms with Crippen LogP contribution in [-0.4, -0.2) is 56.0 Å². The van der Waals surface area contributed by atoms with Crippen LogP contribution in [0.3, 0.4) is 0 Å². The van der Waals surface area contributed by atoms with E-state index in [2.05, 4.69) is 32.8 Å². The molecule has 0 aliphatic carbocycles. The van der Waals surface area contributed by atoms with Crippen molar-refractivity contribution in [2.45, 2.75) is 26.8 Å². The third-order valence-electron chi connectivity index (χ3n) is 6.24. The maximum absolute atomic E-state index is 15.0. The predicted octanol–water partition coefficient (Wildman–Crippen LogP) is 4.25. The van der Waals surface area contributed by atoms with Gasteiger partial charge < -0.3 is 9.80 Å². The number of anilines is 1. The summed E-state index contributed by atoms with van der Waals surface area (Å²) >= 11 is 1.24. The van der Waals surface area contributed by atoms with E-state index in [9.17, 15) is 14.4 Å². The molecule has 1 fully saturated rings. The molecular formula is C25H24FN7OS. The van der Waals surface area contributed by atoms with Gasteiger partial charge in [-0.05, 0) is 13.0 Å². The van der Waals surface area contributed by atoms with E-state index >= 15 is 0 Å². The first-order valence-corrected chi connectivity index (χ1v) is 12.2. The quantitative estimate of drug-likeness (QED) is 0.426. The SMILES string of the molecule is CC(C)C(=O)N1CCN(c2ncnc3c2c(-c2ccccc2F)cn3-c2ncc(C#N)s2)[C@@H](C)C1.